The second-order valence-electron chi connectivity index (χ2n) is 6.91. The number of esters is 1. The highest BCUT2D eigenvalue weighted by Gasteiger charge is 2.12. The van der Waals surface area contributed by atoms with Crippen molar-refractivity contribution in [1.82, 2.24) is 5.32 Å². The Balaban J connectivity index is 1.72. The van der Waals surface area contributed by atoms with Crippen molar-refractivity contribution in [2.24, 2.45) is 0 Å². The third kappa shape index (κ3) is 7.18. The zero-order chi connectivity index (χ0) is 22.3. The number of aryl methyl sites for hydroxylation is 4. The summed E-state index contributed by atoms with van der Waals surface area (Å²) in [5, 5.41) is 5.24. The number of anilines is 1. The zero-order valence-electron chi connectivity index (χ0n) is 17.4. The molecule has 160 valence electrons. The van der Waals surface area contributed by atoms with E-state index in [2.05, 4.69) is 26.6 Å². The van der Waals surface area contributed by atoms with Gasteiger partial charge < -0.3 is 15.4 Å². The van der Waals surface area contributed by atoms with Gasteiger partial charge in [0.2, 0.25) is 5.91 Å². The number of nitrogens with one attached hydrogen (secondary N) is 2. The summed E-state index contributed by atoms with van der Waals surface area (Å²) in [6.45, 7) is 7.12. The third-order valence-corrected chi connectivity index (χ3v) is 6.34. The van der Waals surface area contributed by atoms with Crippen LogP contribution in [0.25, 0.3) is 0 Å². The number of amides is 2. The summed E-state index contributed by atoms with van der Waals surface area (Å²) in [4.78, 5) is 36.8. The fraction of sp³-hybridized carbons (Fsp3) is 0.318. The number of para-hydroxylation sites is 1. The van der Waals surface area contributed by atoms with E-state index in [1.54, 1.807) is 0 Å². The predicted octanol–water partition coefficient (Wildman–Crippen LogP) is 4.07. The van der Waals surface area contributed by atoms with Crippen molar-refractivity contribution in [3.63, 3.8) is 0 Å². The molecule has 0 fully saturated rings. The summed E-state index contributed by atoms with van der Waals surface area (Å²) >= 11 is 4.84. The SMILES string of the molecule is Cc1cc(SCC(=O)OCC(=O)NCC(=O)Nc2c(C)cccc2C)c(C)cc1Br. The maximum Gasteiger partial charge on any atom is 0.316 e. The zero-order valence-corrected chi connectivity index (χ0v) is 19.8. The van der Waals surface area contributed by atoms with Gasteiger partial charge in [-0.25, -0.2) is 0 Å². The smallest absolute Gasteiger partial charge is 0.316 e. The molecule has 8 heteroatoms. The van der Waals surface area contributed by atoms with Gasteiger partial charge in [0.25, 0.3) is 5.91 Å². The number of carbonyl (C=O) groups excluding carboxylic acids is 3. The van der Waals surface area contributed by atoms with Crippen LogP contribution in [0.3, 0.4) is 0 Å². The summed E-state index contributed by atoms with van der Waals surface area (Å²) in [5.74, 6) is -1.26. The molecular weight excluding hydrogens is 468 g/mol. The van der Waals surface area contributed by atoms with Crippen LogP contribution in [0.5, 0.6) is 0 Å². The van der Waals surface area contributed by atoms with E-state index >= 15 is 0 Å². The molecule has 0 radical (unpaired) electrons. The van der Waals surface area contributed by atoms with Crippen molar-refractivity contribution in [2.75, 3.05) is 24.2 Å². The molecule has 0 aliphatic heterocycles. The molecule has 2 amide bonds. The van der Waals surface area contributed by atoms with Crippen molar-refractivity contribution < 1.29 is 19.1 Å². The summed E-state index contributed by atoms with van der Waals surface area (Å²) in [7, 11) is 0. The van der Waals surface area contributed by atoms with Crippen LogP contribution in [0, 0.1) is 27.7 Å². The second-order valence-corrected chi connectivity index (χ2v) is 8.78. The normalized spacial score (nSPS) is 10.4. The molecule has 2 rings (SSSR count). The number of thioether (sulfide) groups is 1. The molecule has 0 unspecified atom stereocenters. The number of hydrogen-bond donors (Lipinski definition) is 2. The predicted molar refractivity (Wildman–Crippen MR) is 123 cm³/mol. The van der Waals surface area contributed by atoms with Crippen LogP contribution in [0.15, 0.2) is 39.7 Å². The molecule has 2 aromatic carbocycles. The number of carbonyl (C=O) groups is 3. The standard InChI is InChI=1S/C22H25BrN2O4S/c1-13-6-5-7-14(2)22(13)25-19(26)10-24-20(27)11-29-21(28)12-30-18-9-15(3)17(23)8-16(18)4/h5-9H,10-12H2,1-4H3,(H,24,27)(H,25,26). The minimum absolute atomic E-state index is 0.0994. The molecule has 0 heterocycles. The maximum absolute atomic E-state index is 12.1. The van der Waals surface area contributed by atoms with Crippen molar-refractivity contribution in [1.29, 1.82) is 0 Å². The Labute approximate surface area is 189 Å². The van der Waals surface area contributed by atoms with Crippen LogP contribution < -0.4 is 10.6 Å². The van der Waals surface area contributed by atoms with Crippen LogP contribution in [0.4, 0.5) is 5.69 Å². The molecule has 0 aliphatic carbocycles. The van der Waals surface area contributed by atoms with E-state index in [9.17, 15) is 14.4 Å². The van der Waals surface area contributed by atoms with Gasteiger partial charge in [-0.3, -0.25) is 14.4 Å². The van der Waals surface area contributed by atoms with Crippen LogP contribution in [-0.2, 0) is 19.1 Å². The van der Waals surface area contributed by atoms with Crippen molar-refractivity contribution in [3.05, 3.63) is 57.1 Å². The Kier molecular flexibility index (Phi) is 8.92. The largest absolute Gasteiger partial charge is 0.455 e. The maximum atomic E-state index is 12.1. The average Bonchev–Trinajstić information content (AvgIpc) is 2.69. The van der Waals surface area contributed by atoms with Crippen molar-refractivity contribution in [2.45, 2.75) is 32.6 Å². The first-order valence-electron chi connectivity index (χ1n) is 9.35. The highest BCUT2D eigenvalue weighted by atomic mass is 79.9. The van der Waals surface area contributed by atoms with Crippen LogP contribution in [-0.4, -0.2) is 36.7 Å². The van der Waals surface area contributed by atoms with Crippen LogP contribution in [0.2, 0.25) is 0 Å². The molecule has 0 bridgehead atoms. The molecule has 2 N–H and O–H groups in total. The van der Waals surface area contributed by atoms with Gasteiger partial charge in [-0.15, -0.1) is 11.8 Å². The van der Waals surface area contributed by atoms with Gasteiger partial charge in [-0.05, 0) is 62.1 Å². The minimum atomic E-state index is -0.527. The van der Waals surface area contributed by atoms with Gasteiger partial charge in [-0.1, -0.05) is 34.1 Å². The summed E-state index contributed by atoms with van der Waals surface area (Å²) < 4.78 is 6.01. The van der Waals surface area contributed by atoms with Crippen molar-refractivity contribution >= 4 is 51.2 Å². The fourth-order valence-corrected chi connectivity index (χ4v) is 4.02. The molecule has 6 nitrogen and oxygen atoms in total. The summed E-state index contributed by atoms with van der Waals surface area (Å²) in [5.41, 5.74) is 4.75. The highest BCUT2D eigenvalue weighted by Crippen LogP contribution is 2.28. The first-order valence-corrected chi connectivity index (χ1v) is 11.1. The molecule has 0 aliphatic rings. The quantitative estimate of drug-likeness (QED) is 0.428. The van der Waals surface area contributed by atoms with Gasteiger partial charge in [0.1, 0.15) is 0 Å². The molecular formula is C22H25BrN2O4S. The van der Waals surface area contributed by atoms with E-state index in [0.29, 0.717) is 0 Å². The molecule has 0 atom stereocenters. The number of ether oxygens (including phenoxy) is 1. The second kappa shape index (κ2) is 11.2. The van der Waals surface area contributed by atoms with Gasteiger partial charge in [-0.2, -0.15) is 0 Å². The lowest BCUT2D eigenvalue weighted by Crippen LogP contribution is -2.36. The van der Waals surface area contributed by atoms with E-state index in [4.69, 9.17) is 4.74 Å². The fourth-order valence-electron chi connectivity index (χ4n) is 2.66. The Hall–Kier alpha value is -2.32. The first kappa shape index (κ1) is 24.0. The molecule has 30 heavy (non-hydrogen) atoms. The number of benzene rings is 2. The lowest BCUT2D eigenvalue weighted by atomic mass is 10.1. The lowest BCUT2D eigenvalue weighted by molar-refractivity contribution is -0.146. The average molecular weight is 493 g/mol. The lowest BCUT2D eigenvalue weighted by Gasteiger charge is -2.12. The van der Waals surface area contributed by atoms with Crippen molar-refractivity contribution in [3.8, 4) is 0 Å². The van der Waals surface area contributed by atoms with E-state index in [0.717, 1.165) is 37.3 Å². The number of rotatable bonds is 8. The van der Waals surface area contributed by atoms with E-state index in [1.807, 2.05) is 58.0 Å². The Bertz CT molecular complexity index is 942. The topological polar surface area (TPSA) is 84.5 Å². The van der Waals surface area contributed by atoms with Gasteiger partial charge in [0.15, 0.2) is 6.61 Å². The van der Waals surface area contributed by atoms with E-state index < -0.39 is 18.5 Å². The van der Waals surface area contributed by atoms with E-state index in [1.165, 1.54) is 11.8 Å². The summed E-state index contributed by atoms with van der Waals surface area (Å²) in [6, 6.07) is 9.71. The Morgan fingerprint density at radius 3 is 2.30 bits per heavy atom. The molecule has 0 saturated heterocycles. The monoisotopic (exact) mass is 492 g/mol. The Morgan fingerprint density at radius 2 is 1.63 bits per heavy atom. The number of hydrogen-bond acceptors (Lipinski definition) is 5. The van der Waals surface area contributed by atoms with Gasteiger partial charge in [0, 0.05) is 15.1 Å². The third-order valence-electron chi connectivity index (χ3n) is 4.36. The van der Waals surface area contributed by atoms with Gasteiger partial charge in [0.05, 0.1) is 12.3 Å². The molecule has 0 aromatic heterocycles. The first-order chi connectivity index (χ1) is 14.2. The van der Waals surface area contributed by atoms with Gasteiger partial charge >= 0.3 is 5.97 Å². The summed E-state index contributed by atoms with van der Waals surface area (Å²) in [6.07, 6.45) is 0. The molecule has 0 spiro atoms. The Morgan fingerprint density at radius 1 is 0.967 bits per heavy atom. The molecule has 0 saturated carbocycles. The van der Waals surface area contributed by atoms with E-state index in [-0.39, 0.29) is 18.2 Å². The van der Waals surface area contributed by atoms with Crippen LogP contribution >= 0.6 is 27.7 Å². The van der Waals surface area contributed by atoms with Crippen LogP contribution in [0.1, 0.15) is 22.3 Å². The number of halogens is 1. The molecule has 2 aromatic rings. The highest BCUT2D eigenvalue weighted by molar-refractivity contribution is 9.10. The minimum Gasteiger partial charge on any atom is -0.455 e.